The standard InChI is InChI=1S/C28H32N8O4S2/c1-18-16-24(35-34-18)31-26-25(40-3)27(36-14-12-29-13-15-36)33-28(32-26)41-21-8-10-22(11-9-21)42(38,39)17-20-6-4-5-7-23(20)30-19(2)37/h4-11,16,29H,12-15,17H2,1-3H3,(H,30,37)(H2,31,32,33,34,35). The highest BCUT2D eigenvalue weighted by Crippen LogP contribution is 2.38. The van der Waals surface area contributed by atoms with E-state index in [2.05, 4.69) is 31.0 Å². The van der Waals surface area contributed by atoms with Crippen LogP contribution in [-0.4, -0.2) is 67.8 Å². The highest BCUT2D eigenvalue weighted by Gasteiger charge is 2.24. The molecule has 42 heavy (non-hydrogen) atoms. The number of aromatic amines is 1. The molecule has 1 fully saturated rings. The van der Waals surface area contributed by atoms with E-state index < -0.39 is 9.84 Å². The molecule has 0 saturated carbocycles. The second-order valence-electron chi connectivity index (χ2n) is 9.68. The Hall–Kier alpha value is -4.14. The zero-order valence-corrected chi connectivity index (χ0v) is 25.1. The summed E-state index contributed by atoms with van der Waals surface area (Å²) >= 11 is 1.32. The number of H-pyrrole nitrogens is 1. The number of sulfone groups is 1. The van der Waals surface area contributed by atoms with Gasteiger partial charge in [-0.2, -0.15) is 5.10 Å². The van der Waals surface area contributed by atoms with E-state index in [1.807, 2.05) is 13.0 Å². The average Bonchev–Trinajstić information content (AvgIpc) is 3.38. The predicted molar refractivity (Wildman–Crippen MR) is 162 cm³/mol. The number of carbonyl (C=O) groups excluding carboxylic acids is 1. The van der Waals surface area contributed by atoms with Crippen LogP contribution in [-0.2, 0) is 20.4 Å². The SMILES string of the molecule is COc1c(Nc2cc(C)[nH]n2)nc(Sc2ccc(S(=O)(=O)Cc3ccccc3NC(C)=O)cc2)nc1N1CCNCC1. The van der Waals surface area contributed by atoms with Gasteiger partial charge in [0, 0.05) is 55.4 Å². The molecule has 0 bridgehead atoms. The quantitative estimate of drug-likeness (QED) is 0.195. The number of hydrogen-bond donors (Lipinski definition) is 4. The van der Waals surface area contributed by atoms with Crippen LogP contribution >= 0.6 is 11.8 Å². The number of carbonyl (C=O) groups is 1. The van der Waals surface area contributed by atoms with E-state index in [1.165, 1.54) is 18.7 Å². The Balaban J connectivity index is 1.40. The summed E-state index contributed by atoms with van der Waals surface area (Å²) in [5.74, 6) is 1.76. The number of rotatable bonds is 10. The summed E-state index contributed by atoms with van der Waals surface area (Å²) in [6, 6.07) is 15.4. The van der Waals surface area contributed by atoms with Crippen molar-refractivity contribution in [1.29, 1.82) is 0 Å². The van der Waals surface area contributed by atoms with Crippen molar-refractivity contribution in [2.75, 3.05) is 48.8 Å². The Kier molecular flexibility index (Phi) is 8.94. The lowest BCUT2D eigenvalue weighted by atomic mass is 10.2. The van der Waals surface area contributed by atoms with Gasteiger partial charge in [-0.15, -0.1) is 0 Å². The number of amides is 1. The Bertz CT molecular complexity index is 1670. The van der Waals surface area contributed by atoms with Crippen molar-refractivity contribution in [1.82, 2.24) is 25.5 Å². The molecule has 0 spiro atoms. The first-order chi connectivity index (χ1) is 20.2. The number of hydrogen-bond acceptors (Lipinski definition) is 11. The minimum Gasteiger partial charge on any atom is -0.490 e. The summed E-state index contributed by atoms with van der Waals surface area (Å²) in [7, 11) is -2.08. The molecule has 2 aromatic carbocycles. The number of benzene rings is 2. The molecule has 1 amide bonds. The topological polar surface area (TPSA) is 154 Å². The molecule has 0 unspecified atom stereocenters. The molecule has 1 aliphatic rings. The Morgan fingerprint density at radius 1 is 1.10 bits per heavy atom. The number of aromatic nitrogens is 4. The maximum Gasteiger partial charge on any atom is 0.221 e. The van der Waals surface area contributed by atoms with E-state index >= 15 is 0 Å². The van der Waals surface area contributed by atoms with Crippen molar-refractivity contribution in [3.63, 3.8) is 0 Å². The highest BCUT2D eigenvalue weighted by atomic mass is 32.2. The molecule has 4 aromatic rings. The van der Waals surface area contributed by atoms with Gasteiger partial charge in [0.05, 0.1) is 17.8 Å². The molecule has 14 heteroatoms. The fourth-order valence-corrected chi connectivity index (χ4v) is 6.63. The zero-order chi connectivity index (χ0) is 29.7. The van der Waals surface area contributed by atoms with Crippen LogP contribution in [0.1, 0.15) is 18.2 Å². The maximum atomic E-state index is 13.2. The second kappa shape index (κ2) is 12.8. The summed E-state index contributed by atoms with van der Waals surface area (Å²) in [5.41, 5.74) is 1.90. The van der Waals surface area contributed by atoms with Crippen molar-refractivity contribution < 1.29 is 17.9 Å². The van der Waals surface area contributed by atoms with Crippen molar-refractivity contribution in [3.8, 4) is 5.75 Å². The van der Waals surface area contributed by atoms with Crippen molar-refractivity contribution in [2.45, 2.75) is 34.5 Å². The van der Waals surface area contributed by atoms with E-state index in [-0.39, 0.29) is 16.6 Å². The van der Waals surface area contributed by atoms with Gasteiger partial charge in [-0.05, 0) is 54.6 Å². The minimum absolute atomic E-state index is 0.179. The van der Waals surface area contributed by atoms with Gasteiger partial charge >= 0.3 is 0 Å². The third-order valence-electron chi connectivity index (χ3n) is 6.47. The van der Waals surface area contributed by atoms with Gasteiger partial charge in [0.1, 0.15) is 0 Å². The summed E-state index contributed by atoms with van der Waals surface area (Å²) in [4.78, 5) is 24.2. The van der Waals surface area contributed by atoms with E-state index in [0.29, 0.717) is 39.6 Å². The number of aryl methyl sites for hydroxylation is 1. The van der Waals surface area contributed by atoms with E-state index in [1.54, 1.807) is 55.6 Å². The molecule has 0 atom stereocenters. The lowest BCUT2D eigenvalue weighted by Gasteiger charge is -2.30. The van der Waals surface area contributed by atoms with Gasteiger partial charge in [0.15, 0.2) is 32.4 Å². The molecule has 0 aliphatic carbocycles. The van der Waals surface area contributed by atoms with Crippen LogP contribution in [0.2, 0.25) is 0 Å². The Morgan fingerprint density at radius 2 is 1.83 bits per heavy atom. The Morgan fingerprint density at radius 3 is 2.50 bits per heavy atom. The van der Waals surface area contributed by atoms with Crippen LogP contribution < -0.4 is 25.6 Å². The molecular weight excluding hydrogens is 576 g/mol. The molecule has 1 saturated heterocycles. The van der Waals surface area contributed by atoms with Gasteiger partial charge in [-0.1, -0.05) is 18.2 Å². The molecule has 5 rings (SSSR count). The Labute approximate surface area is 248 Å². The first-order valence-corrected chi connectivity index (χ1v) is 15.8. The minimum atomic E-state index is -3.67. The predicted octanol–water partition coefficient (Wildman–Crippen LogP) is 3.75. The lowest BCUT2D eigenvalue weighted by molar-refractivity contribution is -0.114. The van der Waals surface area contributed by atoms with Gasteiger partial charge in [-0.3, -0.25) is 9.89 Å². The number of anilines is 4. The van der Waals surface area contributed by atoms with Crippen LogP contribution in [0, 0.1) is 6.92 Å². The first-order valence-electron chi connectivity index (χ1n) is 13.3. The van der Waals surface area contributed by atoms with Crippen LogP contribution in [0.4, 0.5) is 23.1 Å². The summed E-state index contributed by atoms with van der Waals surface area (Å²) < 4.78 is 32.2. The maximum absolute atomic E-state index is 13.2. The van der Waals surface area contributed by atoms with Crippen LogP contribution in [0.25, 0.3) is 0 Å². The fourth-order valence-electron chi connectivity index (χ4n) is 4.50. The van der Waals surface area contributed by atoms with Crippen molar-refractivity contribution in [3.05, 3.63) is 65.9 Å². The number of para-hydroxylation sites is 1. The zero-order valence-electron chi connectivity index (χ0n) is 23.5. The van der Waals surface area contributed by atoms with E-state index in [9.17, 15) is 13.2 Å². The van der Waals surface area contributed by atoms with Crippen molar-refractivity contribution in [2.24, 2.45) is 0 Å². The van der Waals surface area contributed by atoms with E-state index in [0.717, 1.165) is 36.8 Å². The van der Waals surface area contributed by atoms with E-state index in [4.69, 9.17) is 14.7 Å². The second-order valence-corrected chi connectivity index (χ2v) is 12.7. The number of nitrogens with zero attached hydrogens (tertiary/aromatic N) is 4. The van der Waals surface area contributed by atoms with Crippen LogP contribution in [0.15, 0.2) is 69.5 Å². The molecule has 1 aliphatic heterocycles. The number of nitrogens with one attached hydrogen (secondary N) is 4. The van der Waals surface area contributed by atoms with Gasteiger partial charge in [-0.25, -0.2) is 18.4 Å². The molecular formula is C28H32N8O4S2. The normalized spacial score (nSPS) is 13.5. The lowest BCUT2D eigenvalue weighted by Crippen LogP contribution is -2.44. The third-order valence-corrected chi connectivity index (χ3v) is 9.02. The monoisotopic (exact) mass is 608 g/mol. The fraction of sp³-hybridized carbons (Fsp3) is 0.286. The van der Waals surface area contributed by atoms with Crippen molar-refractivity contribution >= 4 is 50.6 Å². The summed E-state index contributed by atoms with van der Waals surface area (Å²) in [6.07, 6.45) is 0. The third kappa shape index (κ3) is 7.01. The van der Waals surface area contributed by atoms with Gasteiger partial charge < -0.3 is 25.6 Å². The number of piperazine rings is 1. The molecule has 2 aromatic heterocycles. The van der Waals surface area contributed by atoms with Crippen LogP contribution in [0.5, 0.6) is 5.75 Å². The largest absolute Gasteiger partial charge is 0.490 e. The molecule has 4 N–H and O–H groups in total. The summed E-state index contributed by atoms with van der Waals surface area (Å²) in [6.45, 7) is 6.46. The van der Waals surface area contributed by atoms with Crippen LogP contribution in [0.3, 0.4) is 0 Å². The average molecular weight is 609 g/mol. The van der Waals surface area contributed by atoms with Gasteiger partial charge in [0.2, 0.25) is 11.7 Å². The molecule has 12 nitrogen and oxygen atoms in total. The highest BCUT2D eigenvalue weighted by molar-refractivity contribution is 7.99. The smallest absolute Gasteiger partial charge is 0.221 e. The first kappa shape index (κ1) is 29.4. The number of ether oxygens (including phenoxy) is 1. The number of methoxy groups -OCH3 is 1. The summed E-state index contributed by atoms with van der Waals surface area (Å²) in [5, 5.41) is 16.9. The molecule has 220 valence electrons. The molecule has 0 radical (unpaired) electrons. The molecule has 3 heterocycles. The van der Waals surface area contributed by atoms with Gasteiger partial charge in [0.25, 0.3) is 0 Å².